The van der Waals surface area contributed by atoms with Gasteiger partial charge in [0.15, 0.2) is 11.6 Å². The van der Waals surface area contributed by atoms with E-state index in [1.54, 1.807) is 11.2 Å². The molecule has 0 unspecified atom stereocenters. The van der Waals surface area contributed by atoms with Crippen molar-refractivity contribution >= 4 is 11.7 Å². The summed E-state index contributed by atoms with van der Waals surface area (Å²) in [7, 11) is 1.53. The van der Waals surface area contributed by atoms with Gasteiger partial charge in [0.1, 0.15) is 18.3 Å². The number of carbonyl (C=O) groups is 1. The van der Waals surface area contributed by atoms with Crippen LogP contribution in [0.4, 0.5) is 5.82 Å². The summed E-state index contributed by atoms with van der Waals surface area (Å²) in [6, 6.07) is 6.51. The van der Waals surface area contributed by atoms with Crippen LogP contribution >= 0.6 is 0 Å². The lowest BCUT2D eigenvalue weighted by Crippen LogP contribution is -2.49. The smallest absolute Gasteiger partial charge is 0.274 e. The second-order valence-corrected chi connectivity index (χ2v) is 6.05. The number of aromatic nitrogens is 7. The van der Waals surface area contributed by atoms with Crippen molar-refractivity contribution in [1.82, 2.24) is 39.6 Å². The maximum atomic E-state index is 12.6. The van der Waals surface area contributed by atoms with Gasteiger partial charge in [-0.05, 0) is 18.2 Å². The molecule has 0 atom stereocenters. The number of hydrogen-bond acceptors (Lipinski definition) is 8. The maximum absolute atomic E-state index is 12.6. The van der Waals surface area contributed by atoms with Gasteiger partial charge in [0, 0.05) is 39.3 Å². The van der Waals surface area contributed by atoms with Gasteiger partial charge in [0.2, 0.25) is 0 Å². The highest BCUT2D eigenvalue weighted by atomic mass is 16.2. The van der Waals surface area contributed by atoms with E-state index in [9.17, 15) is 9.59 Å². The van der Waals surface area contributed by atoms with Crippen LogP contribution in [0.5, 0.6) is 0 Å². The van der Waals surface area contributed by atoms with Crippen molar-refractivity contribution < 1.29 is 4.79 Å². The number of carbonyl (C=O) groups excluding carboxylic acids is 1. The zero-order valence-electron chi connectivity index (χ0n) is 14.6. The van der Waals surface area contributed by atoms with Gasteiger partial charge in [-0.15, -0.1) is 10.2 Å². The summed E-state index contributed by atoms with van der Waals surface area (Å²) in [5, 5.41) is 16.4. The third-order valence-corrected chi connectivity index (χ3v) is 4.36. The Morgan fingerprint density at radius 1 is 1.00 bits per heavy atom. The minimum atomic E-state index is -0.246. The Bertz CT molecular complexity index is 989. The number of nitrogens with zero attached hydrogens (tertiary/aromatic N) is 9. The molecule has 0 N–H and O–H groups in total. The van der Waals surface area contributed by atoms with Gasteiger partial charge in [-0.3, -0.25) is 9.59 Å². The number of piperazine rings is 1. The van der Waals surface area contributed by atoms with E-state index in [1.807, 2.05) is 12.1 Å². The van der Waals surface area contributed by atoms with Gasteiger partial charge in [-0.2, -0.15) is 10.2 Å². The molecule has 0 aromatic carbocycles. The van der Waals surface area contributed by atoms with E-state index < -0.39 is 0 Å². The third kappa shape index (κ3) is 3.38. The second kappa shape index (κ2) is 6.94. The minimum Gasteiger partial charge on any atom is -0.352 e. The van der Waals surface area contributed by atoms with Crippen LogP contribution in [0.1, 0.15) is 10.5 Å². The van der Waals surface area contributed by atoms with E-state index in [1.165, 1.54) is 30.2 Å². The summed E-state index contributed by atoms with van der Waals surface area (Å²) in [6.45, 7) is 2.34. The van der Waals surface area contributed by atoms with Crippen LogP contribution in [0.25, 0.3) is 5.82 Å². The van der Waals surface area contributed by atoms with Gasteiger partial charge in [-0.25, -0.2) is 14.3 Å². The molecule has 0 bridgehead atoms. The van der Waals surface area contributed by atoms with E-state index >= 15 is 0 Å². The topological polar surface area (TPSA) is 115 Å². The van der Waals surface area contributed by atoms with Crippen LogP contribution in [0.15, 0.2) is 41.7 Å². The summed E-state index contributed by atoms with van der Waals surface area (Å²) in [5.74, 6) is 1.15. The standard InChI is InChI=1S/C16H17N9O2/c1-22-15(26)5-2-12(21-22)16(27)24-8-6-23(7-9-24)13-3-4-14(20-19-13)25-11-17-10-18-25/h2-5,10-11H,6-9H2,1H3. The maximum Gasteiger partial charge on any atom is 0.274 e. The fourth-order valence-corrected chi connectivity index (χ4v) is 2.85. The van der Waals surface area contributed by atoms with Crippen molar-refractivity contribution in [2.75, 3.05) is 31.1 Å². The predicted octanol–water partition coefficient (Wildman–Crippen LogP) is -0.887. The molecule has 1 aliphatic heterocycles. The molecule has 27 heavy (non-hydrogen) atoms. The predicted molar refractivity (Wildman–Crippen MR) is 94.5 cm³/mol. The van der Waals surface area contributed by atoms with Gasteiger partial charge in [0.25, 0.3) is 11.5 Å². The van der Waals surface area contributed by atoms with Crippen LogP contribution in [0, 0.1) is 0 Å². The molecule has 3 aromatic heterocycles. The number of amides is 1. The molecule has 0 aliphatic carbocycles. The first-order valence-corrected chi connectivity index (χ1v) is 8.39. The van der Waals surface area contributed by atoms with Crippen LogP contribution < -0.4 is 10.5 Å². The lowest BCUT2D eigenvalue weighted by atomic mass is 10.2. The molecule has 11 nitrogen and oxygen atoms in total. The van der Waals surface area contributed by atoms with Crippen LogP contribution in [0.3, 0.4) is 0 Å². The van der Waals surface area contributed by atoms with Gasteiger partial charge < -0.3 is 9.80 Å². The molecular weight excluding hydrogens is 350 g/mol. The van der Waals surface area contributed by atoms with Crippen molar-refractivity contribution in [3.63, 3.8) is 0 Å². The highest BCUT2D eigenvalue weighted by molar-refractivity contribution is 5.92. The largest absolute Gasteiger partial charge is 0.352 e. The first kappa shape index (κ1) is 16.8. The molecule has 4 rings (SSSR count). The van der Waals surface area contributed by atoms with Gasteiger partial charge in [0.05, 0.1) is 0 Å². The molecule has 0 spiro atoms. The summed E-state index contributed by atoms with van der Waals surface area (Å²) in [6.07, 6.45) is 2.99. The van der Waals surface area contributed by atoms with Crippen molar-refractivity contribution in [2.24, 2.45) is 7.05 Å². The van der Waals surface area contributed by atoms with Crippen LogP contribution in [-0.4, -0.2) is 71.7 Å². The first-order valence-electron chi connectivity index (χ1n) is 8.39. The van der Waals surface area contributed by atoms with Crippen molar-refractivity contribution in [2.45, 2.75) is 0 Å². The lowest BCUT2D eigenvalue weighted by Gasteiger charge is -2.35. The Balaban J connectivity index is 1.40. The van der Waals surface area contributed by atoms with E-state index in [-0.39, 0.29) is 17.2 Å². The summed E-state index contributed by atoms with van der Waals surface area (Å²) in [5.41, 5.74) is 0.0202. The fraction of sp³-hybridized carbons (Fsp3) is 0.312. The van der Waals surface area contributed by atoms with Crippen molar-refractivity contribution in [3.8, 4) is 5.82 Å². The normalized spacial score (nSPS) is 14.4. The van der Waals surface area contributed by atoms with Gasteiger partial charge in [-0.1, -0.05) is 0 Å². The minimum absolute atomic E-state index is 0.183. The Kier molecular flexibility index (Phi) is 4.32. The quantitative estimate of drug-likeness (QED) is 0.586. The summed E-state index contributed by atoms with van der Waals surface area (Å²) in [4.78, 5) is 31.7. The average Bonchev–Trinajstić information content (AvgIpc) is 3.25. The Morgan fingerprint density at radius 3 is 2.37 bits per heavy atom. The van der Waals surface area contributed by atoms with Gasteiger partial charge >= 0.3 is 0 Å². The monoisotopic (exact) mass is 367 g/mol. The summed E-state index contributed by atoms with van der Waals surface area (Å²) < 4.78 is 2.70. The molecule has 1 fully saturated rings. The number of rotatable bonds is 3. The molecule has 0 saturated carbocycles. The van der Waals surface area contributed by atoms with E-state index in [2.05, 4.69) is 30.3 Å². The van der Waals surface area contributed by atoms with Crippen molar-refractivity contribution in [1.29, 1.82) is 0 Å². The highest BCUT2D eigenvalue weighted by Crippen LogP contribution is 2.14. The van der Waals surface area contributed by atoms with E-state index in [4.69, 9.17) is 0 Å². The molecular formula is C16H17N9O2. The zero-order valence-corrected chi connectivity index (χ0v) is 14.6. The van der Waals surface area contributed by atoms with Crippen molar-refractivity contribution in [3.05, 3.63) is 53.0 Å². The summed E-state index contributed by atoms with van der Waals surface area (Å²) >= 11 is 0. The Labute approximate surface area is 153 Å². The van der Waals surface area contributed by atoms with E-state index in [0.29, 0.717) is 32.0 Å². The Hall–Kier alpha value is -3.63. The number of aryl methyl sites for hydroxylation is 1. The lowest BCUT2D eigenvalue weighted by molar-refractivity contribution is 0.0738. The third-order valence-electron chi connectivity index (χ3n) is 4.36. The molecule has 138 valence electrons. The molecule has 1 saturated heterocycles. The van der Waals surface area contributed by atoms with Crippen LogP contribution in [-0.2, 0) is 7.05 Å². The average molecular weight is 367 g/mol. The molecule has 11 heteroatoms. The molecule has 4 heterocycles. The Morgan fingerprint density at radius 2 is 1.74 bits per heavy atom. The molecule has 1 aliphatic rings. The molecule has 3 aromatic rings. The molecule has 1 amide bonds. The first-order chi connectivity index (χ1) is 13.1. The second-order valence-electron chi connectivity index (χ2n) is 6.05. The van der Waals surface area contributed by atoms with Crippen LogP contribution in [0.2, 0.25) is 0 Å². The zero-order chi connectivity index (χ0) is 18.8. The molecule has 0 radical (unpaired) electrons. The fourth-order valence-electron chi connectivity index (χ4n) is 2.85. The number of anilines is 1. The highest BCUT2D eigenvalue weighted by Gasteiger charge is 2.24. The SMILES string of the molecule is Cn1nc(C(=O)N2CCN(c3ccc(-n4cncn4)nn3)CC2)ccc1=O. The number of hydrogen-bond donors (Lipinski definition) is 0. The van der Waals surface area contributed by atoms with E-state index in [0.717, 1.165) is 10.5 Å².